The van der Waals surface area contributed by atoms with Crippen LogP contribution in [0.4, 0.5) is 0 Å². The van der Waals surface area contributed by atoms with Gasteiger partial charge in [0.15, 0.2) is 5.11 Å². The lowest BCUT2D eigenvalue weighted by Gasteiger charge is -2.09. The first-order chi connectivity index (χ1) is 11.0. The zero-order valence-electron chi connectivity index (χ0n) is 11.7. The number of carbonyl (C=O) groups is 2. The van der Waals surface area contributed by atoms with Crippen LogP contribution in [0.2, 0.25) is 5.02 Å². The molecule has 118 valence electrons. The van der Waals surface area contributed by atoms with Crippen LogP contribution in [0, 0.1) is 0 Å². The van der Waals surface area contributed by atoms with Crippen molar-refractivity contribution in [2.45, 2.75) is 0 Å². The van der Waals surface area contributed by atoms with Crippen molar-refractivity contribution in [3.8, 4) is 0 Å². The van der Waals surface area contributed by atoms with Gasteiger partial charge in [-0.1, -0.05) is 11.6 Å². The van der Waals surface area contributed by atoms with Gasteiger partial charge in [-0.05, 0) is 54.7 Å². The summed E-state index contributed by atoms with van der Waals surface area (Å²) in [6, 6.07) is 9.72. The topological polar surface area (TPSA) is 83.4 Å². The van der Waals surface area contributed by atoms with E-state index in [0.717, 1.165) is 0 Å². The Morgan fingerprint density at radius 3 is 2.52 bits per heavy atom. The average Bonchev–Trinajstić information content (AvgIpc) is 3.05. The molecule has 6 nitrogen and oxygen atoms in total. The Morgan fingerprint density at radius 2 is 1.87 bits per heavy atom. The van der Waals surface area contributed by atoms with Gasteiger partial charge in [-0.3, -0.25) is 25.8 Å². The van der Waals surface area contributed by atoms with Crippen molar-refractivity contribution in [3.63, 3.8) is 0 Å². The van der Waals surface area contributed by atoms with Crippen molar-refractivity contribution in [2.75, 3.05) is 0 Å². The van der Waals surface area contributed by atoms with Crippen molar-refractivity contribution < 1.29 is 14.0 Å². The summed E-state index contributed by atoms with van der Waals surface area (Å²) in [5.74, 6) is -0.334. The number of nitrogens with one attached hydrogen (secondary N) is 3. The van der Waals surface area contributed by atoms with Crippen molar-refractivity contribution in [1.82, 2.24) is 16.2 Å². The van der Waals surface area contributed by atoms with E-state index in [4.69, 9.17) is 28.2 Å². The molecule has 0 bridgehead atoms. The molecule has 0 aliphatic rings. The molecule has 0 aliphatic carbocycles. The molecule has 0 saturated carbocycles. The fraction of sp³-hybridized carbons (Fsp3) is 0. The Kier molecular flexibility index (Phi) is 5.90. The highest BCUT2D eigenvalue weighted by molar-refractivity contribution is 7.80. The maximum Gasteiger partial charge on any atom is 0.269 e. The van der Waals surface area contributed by atoms with Gasteiger partial charge in [-0.25, -0.2) is 0 Å². The lowest BCUT2D eigenvalue weighted by Crippen LogP contribution is -2.48. The minimum absolute atomic E-state index is 0.0404. The first kappa shape index (κ1) is 16.7. The number of hydrogen-bond donors (Lipinski definition) is 3. The Hall–Kier alpha value is -2.64. The summed E-state index contributed by atoms with van der Waals surface area (Å²) in [6.45, 7) is 0. The minimum Gasteiger partial charge on any atom is -0.465 e. The molecule has 8 heteroatoms. The first-order valence-corrected chi connectivity index (χ1v) is 7.21. The molecule has 2 amide bonds. The van der Waals surface area contributed by atoms with Gasteiger partial charge in [0.2, 0.25) is 5.91 Å². The summed E-state index contributed by atoms with van der Waals surface area (Å²) >= 11 is 10.6. The Bertz CT molecular complexity index is 727. The molecule has 3 N–H and O–H groups in total. The third kappa shape index (κ3) is 5.57. The van der Waals surface area contributed by atoms with E-state index < -0.39 is 11.8 Å². The number of rotatable bonds is 3. The Morgan fingerprint density at radius 1 is 1.13 bits per heavy atom. The quantitative estimate of drug-likeness (QED) is 0.450. The lowest BCUT2D eigenvalue weighted by molar-refractivity contribution is -0.115. The van der Waals surface area contributed by atoms with Crippen molar-refractivity contribution in [1.29, 1.82) is 0 Å². The standard InChI is InChI=1S/C15H12ClN3O3S/c16-11-5-3-10(4-6-11)14(21)18-19-15(23)17-13(20)8-7-12-2-1-9-22-12/h1-9H,(H,18,21)(H2,17,19,20,23). The Labute approximate surface area is 142 Å². The summed E-state index contributed by atoms with van der Waals surface area (Å²) in [6.07, 6.45) is 4.24. The second kappa shape index (κ2) is 8.11. The van der Waals surface area contributed by atoms with Crippen LogP contribution in [-0.2, 0) is 4.79 Å². The van der Waals surface area contributed by atoms with E-state index in [1.165, 1.54) is 18.4 Å². The van der Waals surface area contributed by atoms with E-state index in [9.17, 15) is 9.59 Å². The van der Waals surface area contributed by atoms with E-state index in [2.05, 4.69) is 16.2 Å². The van der Waals surface area contributed by atoms with Crippen LogP contribution in [0.25, 0.3) is 6.08 Å². The van der Waals surface area contributed by atoms with Crippen molar-refractivity contribution in [2.24, 2.45) is 0 Å². The molecule has 0 fully saturated rings. The van der Waals surface area contributed by atoms with Crippen LogP contribution < -0.4 is 16.2 Å². The van der Waals surface area contributed by atoms with Gasteiger partial charge in [0.1, 0.15) is 5.76 Å². The fourth-order valence-electron chi connectivity index (χ4n) is 1.52. The van der Waals surface area contributed by atoms with Gasteiger partial charge in [-0.2, -0.15) is 0 Å². The smallest absolute Gasteiger partial charge is 0.269 e. The number of benzene rings is 1. The molecule has 0 saturated heterocycles. The van der Waals surface area contributed by atoms with Gasteiger partial charge >= 0.3 is 0 Å². The number of hydrogen-bond acceptors (Lipinski definition) is 4. The summed E-state index contributed by atoms with van der Waals surface area (Å²) in [4.78, 5) is 23.4. The molecule has 0 radical (unpaired) electrons. The highest BCUT2D eigenvalue weighted by atomic mass is 35.5. The zero-order chi connectivity index (χ0) is 16.7. The molecule has 0 aliphatic heterocycles. The predicted octanol–water partition coefficient (Wildman–Crippen LogP) is 2.28. The maximum atomic E-state index is 11.8. The van der Waals surface area contributed by atoms with Gasteiger partial charge in [0.25, 0.3) is 5.91 Å². The lowest BCUT2D eigenvalue weighted by atomic mass is 10.2. The summed E-state index contributed by atoms with van der Waals surface area (Å²) < 4.78 is 5.04. The van der Waals surface area contributed by atoms with Crippen LogP contribution in [0.1, 0.15) is 16.1 Å². The first-order valence-electron chi connectivity index (χ1n) is 6.43. The summed E-state index contributed by atoms with van der Waals surface area (Å²) in [5.41, 5.74) is 5.19. The average molecular weight is 350 g/mol. The molecular weight excluding hydrogens is 338 g/mol. The number of halogens is 1. The maximum absolute atomic E-state index is 11.8. The molecule has 0 spiro atoms. The molecule has 1 aromatic heterocycles. The number of amides is 2. The largest absolute Gasteiger partial charge is 0.465 e. The van der Waals surface area contributed by atoms with Crippen LogP contribution in [0.15, 0.2) is 53.2 Å². The highest BCUT2D eigenvalue weighted by Crippen LogP contribution is 2.08. The fourth-order valence-corrected chi connectivity index (χ4v) is 1.79. The molecule has 0 atom stereocenters. The van der Waals surface area contributed by atoms with Crippen LogP contribution in [0.5, 0.6) is 0 Å². The molecule has 2 aromatic rings. The molecule has 0 unspecified atom stereocenters. The highest BCUT2D eigenvalue weighted by Gasteiger charge is 2.06. The number of thiocarbonyl (C=S) groups is 1. The minimum atomic E-state index is -0.459. The Balaban J connectivity index is 1.77. The van der Waals surface area contributed by atoms with E-state index >= 15 is 0 Å². The van der Waals surface area contributed by atoms with E-state index in [1.807, 2.05) is 0 Å². The number of furan rings is 1. The normalized spacial score (nSPS) is 10.3. The van der Waals surface area contributed by atoms with E-state index in [0.29, 0.717) is 16.3 Å². The molecular formula is C15H12ClN3O3S. The number of hydrazine groups is 1. The van der Waals surface area contributed by atoms with Gasteiger partial charge < -0.3 is 4.42 Å². The van der Waals surface area contributed by atoms with Crippen LogP contribution in [-0.4, -0.2) is 16.9 Å². The molecule has 2 rings (SSSR count). The van der Waals surface area contributed by atoms with Gasteiger partial charge in [0, 0.05) is 16.7 Å². The predicted molar refractivity (Wildman–Crippen MR) is 90.5 cm³/mol. The number of carbonyl (C=O) groups excluding carboxylic acids is 2. The molecule has 1 heterocycles. The molecule has 23 heavy (non-hydrogen) atoms. The SMILES string of the molecule is O=C(C=Cc1ccco1)NC(=S)NNC(=O)c1ccc(Cl)cc1. The third-order valence-electron chi connectivity index (χ3n) is 2.57. The third-order valence-corrected chi connectivity index (χ3v) is 3.03. The van der Waals surface area contributed by atoms with Crippen molar-refractivity contribution in [3.05, 3.63) is 65.1 Å². The second-order valence-corrected chi connectivity index (χ2v) is 5.10. The van der Waals surface area contributed by atoms with Crippen LogP contribution in [0.3, 0.4) is 0 Å². The van der Waals surface area contributed by atoms with Gasteiger partial charge in [-0.15, -0.1) is 0 Å². The summed E-state index contributed by atoms with van der Waals surface area (Å²) in [7, 11) is 0. The van der Waals surface area contributed by atoms with Gasteiger partial charge in [0.05, 0.1) is 6.26 Å². The monoisotopic (exact) mass is 349 g/mol. The zero-order valence-corrected chi connectivity index (χ0v) is 13.3. The van der Waals surface area contributed by atoms with Crippen molar-refractivity contribution >= 4 is 46.8 Å². The van der Waals surface area contributed by atoms with Crippen LogP contribution >= 0.6 is 23.8 Å². The molecule has 1 aromatic carbocycles. The van der Waals surface area contributed by atoms with E-state index in [-0.39, 0.29) is 5.11 Å². The summed E-state index contributed by atoms with van der Waals surface area (Å²) in [5, 5.41) is 2.86. The second-order valence-electron chi connectivity index (χ2n) is 4.25. The van der Waals surface area contributed by atoms with E-state index in [1.54, 1.807) is 36.4 Å².